The zero-order valence-corrected chi connectivity index (χ0v) is 14.1. The monoisotopic (exact) mass is 331 g/mol. The van der Waals surface area contributed by atoms with Gasteiger partial charge < -0.3 is 14.2 Å². The molecule has 2 aromatic heterocycles. The van der Waals surface area contributed by atoms with Crippen LogP contribution in [-0.2, 0) is 18.3 Å². The van der Waals surface area contributed by atoms with Crippen LogP contribution >= 0.6 is 11.3 Å². The topological polar surface area (TPSA) is 47.4 Å². The van der Waals surface area contributed by atoms with E-state index in [1.807, 2.05) is 35.1 Å². The van der Waals surface area contributed by atoms with Gasteiger partial charge in [-0.3, -0.25) is 4.79 Å². The van der Waals surface area contributed by atoms with E-state index >= 15 is 0 Å². The largest absolute Gasteiger partial charge is 0.380 e. The Morgan fingerprint density at radius 2 is 2.30 bits per heavy atom. The van der Waals surface area contributed by atoms with E-state index in [4.69, 9.17) is 4.74 Å². The second-order valence-corrected chi connectivity index (χ2v) is 7.34. The number of thiophene rings is 1. The molecule has 0 saturated heterocycles. The van der Waals surface area contributed by atoms with E-state index in [0.717, 1.165) is 23.8 Å². The molecule has 0 unspecified atom stereocenters. The fourth-order valence-corrected chi connectivity index (χ4v) is 3.88. The number of hydrogen-bond acceptors (Lipinski definition) is 4. The maximum atomic E-state index is 12.7. The van der Waals surface area contributed by atoms with E-state index in [-0.39, 0.29) is 11.8 Å². The molecule has 1 aliphatic heterocycles. The minimum atomic E-state index is 0.0924. The first-order chi connectivity index (χ1) is 11.2. The summed E-state index contributed by atoms with van der Waals surface area (Å²) in [6, 6.07) is 1.89. The van der Waals surface area contributed by atoms with Gasteiger partial charge in [-0.15, -0.1) is 0 Å². The third-order valence-corrected chi connectivity index (χ3v) is 5.34. The van der Waals surface area contributed by atoms with Crippen molar-refractivity contribution < 1.29 is 9.53 Å². The lowest BCUT2D eigenvalue weighted by molar-refractivity contribution is 0.0619. The predicted octanol–water partition coefficient (Wildman–Crippen LogP) is 2.65. The fraction of sp³-hybridized carbons (Fsp3) is 0.529. The van der Waals surface area contributed by atoms with Gasteiger partial charge in [0.05, 0.1) is 30.7 Å². The Hall–Kier alpha value is -1.66. The molecule has 0 aromatic carbocycles. The number of carbonyl (C=O) groups excluding carboxylic acids is 1. The zero-order valence-electron chi connectivity index (χ0n) is 13.3. The van der Waals surface area contributed by atoms with Crippen molar-refractivity contribution in [3.8, 4) is 0 Å². The van der Waals surface area contributed by atoms with Crippen molar-refractivity contribution in [3.63, 3.8) is 0 Å². The van der Waals surface area contributed by atoms with Crippen molar-refractivity contribution in [1.82, 2.24) is 14.5 Å². The molecule has 5 nitrogen and oxygen atoms in total. The van der Waals surface area contributed by atoms with Crippen LogP contribution in [0.4, 0.5) is 0 Å². The van der Waals surface area contributed by atoms with Crippen LogP contribution in [-0.4, -0.2) is 40.1 Å². The Labute approximate surface area is 139 Å². The van der Waals surface area contributed by atoms with Gasteiger partial charge in [-0.1, -0.05) is 0 Å². The van der Waals surface area contributed by atoms with Gasteiger partial charge in [-0.05, 0) is 30.2 Å². The molecule has 2 aromatic rings. The molecule has 4 rings (SSSR count). The lowest BCUT2D eigenvalue weighted by atomic mass is 9.98. The Bertz CT molecular complexity index is 691. The van der Waals surface area contributed by atoms with Gasteiger partial charge in [0.1, 0.15) is 0 Å². The number of ether oxygens (including phenoxy) is 1. The summed E-state index contributed by atoms with van der Waals surface area (Å²) >= 11 is 1.55. The minimum Gasteiger partial charge on any atom is -0.380 e. The van der Waals surface area contributed by atoms with Crippen LogP contribution in [0.2, 0.25) is 0 Å². The summed E-state index contributed by atoms with van der Waals surface area (Å²) in [6.07, 6.45) is 4.44. The molecule has 0 radical (unpaired) electrons. The highest BCUT2D eigenvalue weighted by molar-refractivity contribution is 7.08. The number of aromatic nitrogens is 2. The molecule has 23 heavy (non-hydrogen) atoms. The van der Waals surface area contributed by atoms with Crippen LogP contribution < -0.4 is 0 Å². The summed E-state index contributed by atoms with van der Waals surface area (Å²) in [5.41, 5.74) is 2.99. The normalized spacial score (nSPS) is 20.6. The molecule has 1 saturated carbocycles. The fourth-order valence-electron chi connectivity index (χ4n) is 3.25. The highest BCUT2D eigenvalue weighted by atomic mass is 32.1. The van der Waals surface area contributed by atoms with Crippen molar-refractivity contribution in [2.24, 2.45) is 13.0 Å². The van der Waals surface area contributed by atoms with Crippen LogP contribution in [0.5, 0.6) is 0 Å². The molecular formula is C17H21N3O2S. The molecule has 0 bridgehead atoms. The van der Waals surface area contributed by atoms with E-state index in [0.29, 0.717) is 19.7 Å². The summed E-state index contributed by atoms with van der Waals surface area (Å²) in [4.78, 5) is 19.1. The van der Waals surface area contributed by atoms with E-state index in [1.165, 1.54) is 18.5 Å². The quantitative estimate of drug-likeness (QED) is 0.846. The SMILES string of the molecule is Cn1cnc2c1[C@H](COCC1CC1)CN(C(=O)c1ccsc1)C2. The van der Waals surface area contributed by atoms with Crippen molar-refractivity contribution in [2.75, 3.05) is 19.8 Å². The van der Waals surface area contributed by atoms with Gasteiger partial charge in [0.2, 0.25) is 0 Å². The van der Waals surface area contributed by atoms with Crippen LogP contribution in [0.25, 0.3) is 0 Å². The van der Waals surface area contributed by atoms with Crippen LogP contribution in [0, 0.1) is 5.92 Å². The first-order valence-corrected chi connectivity index (χ1v) is 9.06. The molecule has 122 valence electrons. The molecule has 1 fully saturated rings. The van der Waals surface area contributed by atoms with Crippen molar-refractivity contribution in [3.05, 3.63) is 40.1 Å². The van der Waals surface area contributed by atoms with Crippen LogP contribution in [0.1, 0.15) is 40.5 Å². The van der Waals surface area contributed by atoms with Gasteiger partial charge in [0.25, 0.3) is 5.91 Å². The lowest BCUT2D eigenvalue weighted by Crippen LogP contribution is -2.40. The van der Waals surface area contributed by atoms with Crippen molar-refractivity contribution in [1.29, 1.82) is 0 Å². The summed E-state index contributed by atoms with van der Waals surface area (Å²) in [5.74, 6) is 1.05. The summed E-state index contributed by atoms with van der Waals surface area (Å²) in [6.45, 7) is 2.80. The highest BCUT2D eigenvalue weighted by Crippen LogP contribution is 2.31. The molecule has 0 N–H and O–H groups in total. The first-order valence-electron chi connectivity index (χ1n) is 8.11. The van der Waals surface area contributed by atoms with Crippen molar-refractivity contribution >= 4 is 17.2 Å². The molecule has 1 aliphatic carbocycles. The van der Waals surface area contributed by atoms with E-state index in [9.17, 15) is 4.79 Å². The predicted molar refractivity (Wildman–Crippen MR) is 88.6 cm³/mol. The molecule has 6 heteroatoms. The minimum absolute atomic E-state index is 0.0924. The number of hydrogen-bond donors (Lipinski definition) is 0. The van der Waals surface area contributed by atoms with Gasteiger partial charge >= 0.3 is 0 Å². The number of carbonyl (C=O) groups is 1. The smallest absolute Gasteiger partial charge is 0.255 e. The molecular weight excluding hydrogens is 310 g/mol. The number of rotatable bonds is 5. The van der Waals surface area contributed by atoms with E-state index in [2.05, 4.69) is 9.55 Å². The van der Waals surface area contributed by atoms with Crippen molar-refractivity contribution in [2.45, 2.75) is 25.3 Å². The number of fused-ring (bicyclic) bond motifs is 1. The molecule has 2 aliphatic rings. The van der Waals surface area contributed by atoms with Gasteiger partial charge in [-0.2, -0.15) is 11.3 Å². The number of aryl methyl sites for hydroxylation is 1. The van der Waals surface area contributed by atoms with Gasteiger partial charge in [0, 0.05) is 37.2 Å². The average molecular weight is 331 g/mol. The van der Waals surface area contributed by atoms with Crippen LogP contribution in [0.15, 0.2) is 23.2 Å². The van der Waals surface area contributed by atoms with E-state index in [1.54, 1.807) is 11.3 Å². The third-order valence-electron chi connectivity index (χ3n) is 4.66. The summed E-state index contributed by atoms with van der Waals surface area (Å²) in [7, 11) is 2.02. The standard InChI is InChI=1S/C17H21N3O2S/c1-19-11-18-15-7-20(17(21)13-4-5-23-10-13)6-14(16(15)19)9-22-8-12-2-3-12/h4-5,10-12,14H,2-3,6-9H2,1H3/t14-/m0/s1. The first kappa shape index (κ1) is 14.9. The highest BCUT2D eigenvalue weighted by Gasteiger charge is 2.32. The van der Waals surface area contributed by atoms with E-state index < -0.39 is 0 Å². The molecule has 3 heterocycles. The average Bonchev–Trinajstić information content (AvgIpc) is 3.07. The molecule has 1 amide bonds. The maximum Gasteiger partial charge on any atom is 0.255 e. The van der Waals surface area contributed by atoms with Gasteiger partial charge in [-0.25, -0.2) is 4.98 Å². The Morgan fingerprint density at radius 3 is 3.04 bits per heavy atom. The summed E-state index contributed by atoms with van der Waals surface area (Å²) < 4.78 is 8.00. The zero-order chi connectivity index (χ0) is 15.8. The Balaban J connectivity index is 1.51. The maximum absolute atomic E-state index is 12.7. The number of amides is 1. The number of nitrogens with zero attached hydrogens (tertiary/aromatic N) is 3. The lowest BCUT2D eigenvalue weighted by Gasteiger charge is -2.32. The summed E-state index contributed by atoms with van der Waals surface area (Å²) in [5, 5.41) is 3.86. The second kappa shape index (κ2) is 6.09. The molecule has 0 spiro atoms. The Kier molecular flexibility index (Phi) is 3.95. The number of imidazole rings is 1. The Morgan fingerprint density at radius 1 is 1.43 bits per heavy atom. The molecule has 1 atom stereocenters. The van der Waals surface area contributed by atoms with Crippen LogP contribution in [0.3, 0.4) is 0 Å². The van der Waals surface area contributed by atoms with Gasteiger partial charge in [0.15, 0.2) is 0 Å². The third kappa shape index (κ3) is 3.05. The second-order valence-electron chi connectivity index (χ2n) is 6.56.